The predicted octanol–water partition coefficient (Wildman–Crippen LogP) is 0.801. The van der Waals surface area contributed by atoms with Gasteiger partial charge in [0, 0.05) is 12.8 Å². The number of carbonyl (C=O) groups excluding carboxylic acids is 1. The van der Waals surface area contributed by atoms with E-state index in [2.05, 4.69) is 5.32 Å². The third-order valence-corrected chi connectivity index (χ3v) is 1.60. The van der Waals surface area contributed by atoms with E-state index in [0.29, 0.717) is 18.0 Å². The highest BCUT2D eigenvalue weighted by Crippen LogP contribution is 2.13. The summed E-state index contributed by atoms with van der Waals surface area (Å²) in [4.78, 5) is 10.9. The number of rotatable bonds is 4. The van der Waals surface area contributed by atoms with Crippen LogP contribution < -0.4 is 11.1 Å². The number of ether oxygens (including phenoxy) is 1. The Kier molecular flexibility index (Phi) is 3.28. The van der Waals surface area contributed by atoms with Crippen molar-refractivity contribution in [2.45, 2.75) is 0 Å². The van der Waals surface area contributed by atoms with Gasteiger partial charge in [-0.2, -0.15) is 0 Å². The Bertz CT molecular complexity index is 299. The molecule has 4 nitrogen and oxygen atoms in total. The monoisotopic (exact) mass is 180 g/mol. The van der Waals surface area contributed by atoms with Gasteiger partial charge in [0.2, 0.25) is 0 Å². The lowest BCUT2D eigenvalue weighted by Gasteiger charge is -2.07. The van der Waals surface area contributed by atoms with Crippen molar-refractivity contribution >= 4 is 11.6 Å². The second-order valence-corrected chi connectivity index (χ2v) is 2.52. The number of amides is 1. The van der Waals surface area contributed by atoms with Crippen molar-refractivity contribution in [3.63, 3.8) is 0 Å². The molecule has 4 heteroatoms. The quantitative estimate of drug-likeness (QED) is 0.673. The van der Waals surface area contributed by atoms with Crippen LogP contribution in [0.2, 0.25) is 0 Å². The van der Waals surface area contributed by atoms with E-state index >= 15 is 0 Å². The number of hydrogen-bond donors (Lipinski definition) is 2. The van der Waals surface area contributed by atoms with Gasteiger partial charge in [-0.3, -0.25) is 4.79 Å². The molecule has 1 aromatic carbocycles. The molecule has 0 spiro atoms. The van der Waals surface area contributed by atoms with Gasteiger partial charge in [-0.25, -0.2) is 0 Å². The number of hydrogen-bond acceptors (Lipinski definition) is 3. The van der Waals surface area contributed by atoms with Crippen molar-refractivity contribution in [3.05, 3.63) is 29.8 Å². The molecule has 13 heavy (non-hydrogen) atoms. The summed E-state index contributed by atoms with van der Waals surface area (Å²) in [6.45, 7) is 0.351. The van der Waals surface area contributed by atoms with E-state index in [4.69, 9.17) is 10.5 Å². The van der Waals surface area contributed by atoms with Gasteiger partial charge >= 0.3 is 0 Å². The van der Waals surface area contributed by atoms with Gasteiger partial charge in [0.1, 0.15) is 6.73 Å². The minimum Gasteiger partial charge on any atom is -0.366 e. The molecule has 0 aliphatic carbocycles. The molecule has 0 atom stereocenters. The van der Waals surface area contributed by atoms with Crippen LogP contribution in [0, 0.1) is 0 Å². The lowest BCUT2D eigenvalue weighted by molar-refractivity contribution is 0.100. The molecule has 0 aliphatic rings. The van der Waals surface area contributed by atoms with E-state index < -0.39 is 5.91 Å². The fourth-order valence-electron chi connectivity index (χ4n) is 1.00. The largest absolute Gasteiger partial charge is 0.366 e. The second-order valence-electron chi connectivity index (χ2n) is 2.52. The first kappa shape index (κ1) is 9.54. The minimum absolute atomic E-state index is 0.351. The molecule has 0 saturated heterocycles. The summed E-state index contributed by atoms with van der Waals surface area (Å²) in [6.07, 6.45) is 0. The Balaban J connectivity index is 2.84. The summed E-state index contributed by atoms with van der Waals surface area (Å²) < 4.78 is 4.82. The highest BCUT2D eigenvalue weighted by atomic mass is 16.5. The van der Waals surface area contributed by atoms with Gasteiger partial charge in [0.15, 0.2) is 0 Å². The third kappa shape index (κ3) is 2.45. The number of para-hydroxylation sites is 1. The van der Waals surface area contributed by atoms with Crippen LogP contribution in [0.4, 0.5) is 5.69 Å². The molecule has 0 bridgehead atoms. The van der Waals surface area contributed by atoms with Gasteiger partial charge in [-0.1, -0.05) is 12.1 Å². The number of anilines is 1. The van der Waals surface area contributed by atoms with E-state index in [0.717, 1.165) is 0 Å². The van der Waals surface area contributed by atoms with Crippen LogP contribution in [0.3, 0.4) is 0 Å². The van der Waals surface area contributed by atoms with E-state index in [-0.39, 0.29) is 0 Å². The van der Waals surface area contributed by atoms with Gasteiger partial charge in [-0.05, 0) is 12.1 Å². The predicted molar refractivity (Wildman–Crippen MR) is 50.5 cm³/mol. The van der Waals surface area contributed by atoms with Crippen LogP contribution in [-0.2, 0) is 4.74 Å². The Hall–Kier alpha value is -1.55. The highest BCUT2D eigenvalue weighted by Gasteiger charge is 2.05. The maximum atomic E-state index is 10.9. The molecule has 0 unspecified atom stereocenters. The summed E-state index contributed by atoms with van der Waals surface area (Å²) in [5.41, 5.74) is 6.33. The number of nitrogens with two attached hydrogens (primary N) is 1. The summed E-state index contributed by atoms with van der Waals surface area (Å²) >= 11 is 0. The SMILES string of the molecule is COCNc1ccccc1C(N)=O. The van der Waals surface area contributed by atoms with Crippen molar-refractivity contribution in [2.75, 3.05) is 19.2 Å². The number of methoxy groups -OCH3 is 1. The molecule has 0 radical (unpaired) electrons. The van der Waals surface area contributed by atoms with Crippen molar-refractivity contribution in [2.24, 2.45) is 5.73 Å². The zero-order valence-electron chi connectivity index (χ0n) is 7.41. The average molecular weight is 180 g/mol. The summed E-state index contributed by atoms with van der Waals surface area (Å²) in [5.74, 6) is -0.445. The fourth-order valence-corrected chi connectivity index (χ4v) is 1.00. The van der Waals surface area contributed by atoms with Crippen LogP contribution in [0.1, 0.15) is 10.4 Å². The fraction of sp³-hybridized carbons (Fsp3) is 0.222. The van der Waals surface area contributed by atoms with E-state index in [1.807, 2.05) is 6.07 Å². The Morgan fingerprint density at radius 3 is 2.85 bits per heavy atom. The van der Waals surface area contributed by atoms with Crippen LogP contribution in [0.5, 0.6) is 0 Å². The van der Waals surface area contributed by atoms with Gasteiger partial charge in [0.25, 0.3) is 5.91 Å². The smallest absolute Gasteiger partial charge is 0.250 e. The first-order valence-electron chi connectivity index (χ1n) is 3.87. The molecule has 0 saturated carbocycles. The second kappa shape index (κ2) is 4.47. The summed E-state index contributed by atoms with van der Waals surface area (Å²) in [6, 6.07) is 7.03. The zero-order valence-corrected chi connectivity index (χ0v) is 7.41. The van der Waals surface area contributed by atoms with Gasteiger partial charge in [0.05, 0.1) is 5.56 Å². The average Bonchev–Trinajstić information content (AvgIpc) is 2.15. The standard InChI is InChI=1S/C9H12N2O2/c1-13-6-11-8-5-3-2-4-7(8)9(10)12/h2-5,11H,6H2,1H3,(H2,10,12). The topological polar surface area (TPSA) is 64.3 Å². The van der Waals surface area contributed by atoms with E-state index in [1.54, 1.807) is 25.3 Å². The lowest BCUT2D eigenvalue weighted by Crippen LogP contribution is -2.15. The molecule has 1 amide bonds. The molecular formula is C9H12N2O2. The van der Waals surface area contributed by atoms with Gasteiger partial charge < -0.3 is 15.8 Å². The number of nitrogens with one attached hydrogen (secondary N) is 1. The number of benzene rings is 1. The van der Waals surface area contributed by atoms with Crippen LogP contribution in [0.25, 0.3) is 0 Å². The van der Waals surface area contributed by atoms with E-state index in [9.17, 15) is 4.79 Å². The first-order chi connectivity index (χ1) is 6.25. The number of carbonyl (C=O) groups is 1. The molecule has 70 valence electrons. The van der Waals surface area contributed by atoms with Crippen molar-refractivity contribution in [3.8, 4) is 0 Å². The molecule has 0 aromatic heterocycles. The Morgan fingerprint density at radius 1 is 1.54 bits per heavy atom. The number of primary amides is 1. The van der Waals surface area contributed by atoms with Crippen LogP contribution in [0.15, 0.2) is 24.3 Å². The molecular weight excluding hydrogens is 168 g/mol. The first-order valence-corrected chi connectivity index (χ1v) is 3.87. The Morgan fingerprint density at radius 2 is 2.23 bits per heavy atom. The lowest BCUT2D eigenvalue weighted by atomic mass is 10.2. The molecule has 1 aromatic rings. The van der Waals surface area contributed by atoms with Crippen LogP contribution >= 0.6 is 0 Å². The maximum absolute atomic E-state index is 10.9. The third-order valence-electron chi connectivity index (χ3n) is 1.60. The van der Waals surface area contributed by atoms with Crippen molar-refractivity contribution in [1.82, 2.24) is 0 Å². The highest BCUT2D eigenvalue weighted by molar-refractivity contribution is 5.98. The minimum atomic E-state index is -0.445. The van der Waals surface area contributed by atoms with E-state index in [1.165, 1.54) is 0 Å². The zero-order chi connectivity index (χ0) is 9.68. The van der Waals surface area contributed by atoms with Crippen molar-refractivity contribution < 1.29 is 9.53 Å². The maximum Gasteiger partial charge on any atom is 0.250 e. The van der Waals surface area contributed by atoms with Crippen LogP contribution in [-0.4, -0.2) is 19.7 Å². The van der Waals surface area contributed by atoms with Crippen molar-refractivity contribution in [1.29, 1.82) is 0 Å². The molecule has 1 rings (SSSR count). The molecule has 3 N–H and O–H groups in total. The molecule has 0 heterocycles. The summed E-state index contributed by atoms with van der Waals surface area (Å²) in [7, 11) is 1.57. The molecule has 0 fully saturated rings. The molecule has 0 aliphatic heterocycles. The Labute approximate surface area is 76.7 Å². The summed E-state index contributed by atoms with van der Waals surface area (Å²) in [5, 5.41) is 2.92. The normalized spacial score (nSPS) is 9.62. The van der Waals surface area contributed by atoms with Gasteiger partial charge in [-0.15, -0.1) is 0 Å².